The zero-order chi connectivity index (χ0) is 10.6. The van der Waals surface area contributed by atoms with Gasteiger partial charge < -0.3 is 4.74 Å². The van der Waals surface area contributed by atoms with Crippen molar-refractivity contribution in [1.82, 2.24) is 0 Å². The zero-order valence-electron chi connectivity index (χ0n) is 9.42. The molecule has 14 heavy (non-hydrogen) atoms. The van der Waals surface area contributed by atoms with Gasteiger partial charge in [-0.2, -0.15) is 0 Å². The van der Waals surface area contributed by atoms with Gasteiger partial charge in [0.2, 0.25) is 0 Å². The number of rotatable bonds is 8. The van der Waals surface area contributed by atoms with Gasteiger partial charge in [-0.05, 0) is 26.2 Å². The van der Waals surface area contributed by atoms with Crippen LogP contribution in [-0.2, 0) is 9.53 Å². The van der Waals surface area contributed by atoms with Crippen molar-refractivity contribution < 1.29 is 9.53 Å². The Morgan fingerprint density at radius 1 is 1.14 bits per heavy atom. The second-order valence-corrected chi connectivity index (χ2v) is 3.31. The van der Waals surface area contributed by atoms with Gasteiger partial charge in [0.1, 0.15) is 0 Å². The largest absolute Gasteiger partial charge is 0.466 e. The summed E-state index contributed by atoms with van der Waals surface area (Å²) in [5.74, 6) is -0.0919. The van der Waals surface area contributed by atoms with Gasteiger partial charge in [-0.3, -0.25) is 4.79 Å². The summed E-state index contributed by atoms with van der Waals surface area (Å²) in [5, 5.41) is 0. The number of carbonyl (C=O) groups excluding carboxylic acids is 1. The number of esters is 1. The van der Waals surface area contributed by atoms with Crippen LogP contribution in [0, 0.1) is 0 Å². The molecule has 0 bridgehead atoms. The number of carbonyl (C=O) groups is 1. The van der Waals surface area contributed by atoms with Crippen molar-refractivity contribution in [2.75, 3.05) is 6.61 Å². The van der Waals surface area contributed by atoms with E-state index in [1.54, 1.807) is 0 Å². The standard InChI is InChI=1S/C12H22O2/c1-3-5-6-7-8-9-10-11-12(13)14-4-2/h8-9H,3-7,10-11H2,1-2H3/b9-8+. The molecule has 0 unspecified atom stereocenters. The van der Waals surface area contributed by atoms with Crippen molar-refractivity contribution in [3.8, 4) is 0 Å². The molecule has 0 aromatic carbocycles. The first-order valence-corrected chi connectivity index (χ1v) is 5.61. The van der Waals surface area contributed by atoms with E-state index in [4.69, 9.17) is 4.74 Å². The Morgan fingerprint density at radius 3 is 2.50 bits per heavy atom. The minimum Gasteiger partial charge on any atom is -0.466 e. The third-order valence-electron chi connectivity index (χ3n) is 1.96. The van der Waals surface area contributed by atoms with Crippen molar-refractivity contribution in [3.05, 3.63) is 12.2 Å². The Bertz CT molecular complexity index is 162. The molecule has 82 valence electrons. The lowest BCUT2D eigenvalue weighted by atomic mass is 10.2. The maximum absolute atomic E-state index is 10.9. The lowest BCUT2D eigenvalue weighted by Crippen LogP contribution is -2.02. The van der Waals surface area contributed by atoms with Crippen LogP contribution in [0.5, 0.6) is 0 Å². The van der Waals surface area contributed by atoms with Crippen LogP contribution in [0.1, 0.15) is 52.4 Å². The molecule has 0 atom stereocenters. The molecule has 0 aliphatic carbocycles. The van der Waals surface area contributed by atoms with E-state index in [0.717, 1.165) is 12.8 Å². The maximum atomic E-state index is 10.9. The number of hydrogen-bond acceptors (Lipinski definition) is 2. The van der Waals surface area contributed by atoms with Crippen LogP contribution >= 0.6 is 0 Å². The second-order valence-electron chi connectivity index (χ2n) is 3.31. The third-order valence-corrected chi connectivity index (χ3v) is 1.96. The maximum Gasteiger partial charge on any atom is 0.306 e. The summed E-state index contributed by atoms with van der Waals surface area (Å²) in [5.41, 5.74) is 0. The molecule has 0 radical (unpaired) electrons. The average Bonchev–Trinajstić information content (AvgIpc) is 2.17. The summed E-state index contributed by atoms with van der Waals surface area (Å²) in [6.07, 6.45) is 10.5. The Labute approximate surface area is 87.3 Å². The molecule has 0 fully saturated rings. The van der Waals surface area contributed by atoms with Crippen molar-refractivity contribution in [2.45, 2.75) is 52.4 Å². The molecular weight excluding hydrogens is 176 g/mol. The van der Waals surface area contributed by atoms with Gasteiger partial charge in [0.05, 0.1) is 6.61 Å². The Balaban J connectivity index is 3.21. The van der Waals surface area contributed by atoms with Crippen LogP contribution in [0.3, 0.4) is 0 Å². The van der Waals surface area contributed by atoms with Gasteiger partial charge in [-0.25, -0.2) is 0 Å². The lowest BCUT2D eigenvalue weighted by Gasteiger charge is -1.98. The molecule has 2 nitrogen and oxygen atoms in total. The number of allylic oxidation sites excluding steroid dienone is 2. The highest BCUT2D eigenvalue weighted by Crippen LogP contribution is 2.01. The number of hydrogen-bond donors (Lipinski definition) is 0. The number of ether oxygens (including phenoxy) is 1. The van der Waals surface area contributed by atoms with E-state index in [0.29, 0.717) is 13.0 Å². The molecule has 0 aromatic heterocycles. The SMILES string of the molecule is CCCCC/C=C/CCC(=O)OCC. The minimum atomic E-state index is -0.0919. The van der Waals surface area contributed by atoms with Gasteiger partial charge in [0, 0.05) is 6.42 Å². The van der Waals surface area contributed by atoms with Crippen LogP contribution in [0.2, 0.25) is 0 Å². The molecule has 0 heterocycles. The normalized spacial score (nSPS) is 10.7. The Morgan fingerprint density at radius 2 is 1.86 bits per heavy atom. The molecule has 2 heteroatoms. The topological polar surface area (TPSA) is 26.3 Å². The van der Waals surface area contributed by atoms with E-state index < -0.39 is 0 Å². The third kappa shape index (κ3) is 9.30. The van der Waals surface area contributed by atoms with Gasteiger partial charge in [-0.15, -0.1) is 0 Å². The van der Waals surface area contributed by atoms with E-state index in [1.807, 2.05) is 6.92 Å². The van der Waals surface area contributed by atoms with Gasteiger partial charge >= 0.3 is 5.97 Å². The highest BCUT2D eigenvalue weighted by molar-refractivity contribution is 5.69. The van der Waals surface area contributed by atoms with Crippen molar-refractivity contribution >= 4 is 5.97 Å². The van der Waals surface area contributed by atoms with Gasteiger partial charge in [0.15, 0.2) is 0 Å². The van der Waals surface area contributed by atoms with Crippen LogP contribution in [0.25, 0.3) is 0 Å². The zero-order valence-corrected chi connectivity index (χ0v) is 9.42. The summed E-state index contributed by atoms with van der Waals surface area (Å²) in [6, 6.07) is 0. The van der Waals surface area contributed by atoms with Gasteiger partial charge in [0.25, 0.3) is 0 Å². The fourth-order valence-corrected chi connectivity index (χ4v) is 1.18. The molecule has 0 spiro atoms. The van der Waals surface area contributed by atoms with E-state index >= 15 is 0 Å². The van der Waals surface area contributed by atoms with E-state index in [2.05, 4.69) is 19.1 Å². The van der Waals surface area contributed by atoms with Crippen molar-refractivity contribution in [2.24, 2.45) is 0 Å². The first-order chi connectivity index (χ1) is 6.81. The van der Waals surface area contributed by atoms with Crippen LogP contribution in [0.4, 0.5) is 0 Å². The van der Waals surface area contributed by atoms with Crippen LogP contribution in [-0.4, -0.2) is 12.6 Å². The quantitative estimate of drug-likeness (QED) is 0.339. The Hall–Kier alpha value is -0.790. The summed E-state index contributed by atoms with van der Waals surface area (Å²) in [4.78, 5) is 10.9. The molecule has 0 N–H and O–H groups in total. The number of unbranched alkanes of at least 4 members (excludes halogenated alkanes) is 3. The molecule has 0 aliphatic heterocycles. The first kappa shape index (κ1) is 13.2. The highest BCUT2D eigenvalue weighted by atomic mass is 16.5. The van der Waals surface area contributed by atoms with E-state index in [9.17, 15) is 4.79 Å². The van der Waals surface area contributed by atoms with Crippen molar-refractivity contribution in [1.29, 1.82) is 0 Å². The molecule has 0 saturated carbocycles. The van der Waals surface area contributed by atoms with Crippen LogP contribution < -0.4 is 0 Å². The van der Waals surface area contributed by atoms with E-state index in [1.165, 1.54) is 19.3 Å². The summed E-state index contributed by atoms with van der Waals surface area (Å²) in [6.45, 7) is 4.52. The average molecular weight is 198 g/mol. The van der Waals surface area contributed by atoms with Crippen LogP contribution in [0.15, 0.2) is 12.2 Å². The summed E-state index contributed by atoms with van der Waals surface area (Å²) < 4.78 is 4.81. The fourth-order valence-electron chi connectivity index (χ4n) is 1.18. The monoisotopic (exact) mass is 198 g/mol. The predicted molar refractivity (Wildman–Crippen MR) is 59.1 cm³/mol. The van der Waals surface area contributed by atoms with Crippen molar-refractivity contribution in [3.63, 3.8) is 0 Å². The Kier molecular flexibility index (Phi) is 9.71. The lowest BCUT2D eigenvalue weighted by molar-refractivity contribution is -0.142. The minimum absolute atomic E-state index is 0.0919. The summed E-state index contributed by atoms with van der Waals surface area (Å²) >= 11 is 0. The fraction of sp³-hybridized carbons (Fsp3) is 0.750. The highest BCUT2D eigenvalue weighted by Gasteiger charge is 1.97. The first-order valence-electron chi connectivity index (χ1n) is 5.61. The smallest absolute Gasteiger partial charge is 0.306 e. The molecule has 0 rings (SSSR count). The second kappa shape index (κ2) is 10.3. The summed E-state index contributed by atoms with van der Waals surface area (Å²) in [7, 11) is 0. The molecule has 0 aromatic rings. The van der Waals surface area contributed by atoms with E-state index in [-0.39, 0.29) is 5.97 Å². The molecule has 0 saturated heterocycles. The predicted octanol–water partition coefficient (Wildman–Crippen LogP) is 3.47. The molecular formula is C12H22O2. The molecule has 0 amide bonds. The molecule has 0 aliphatic rings. The van der Waals surface area contributed by atoms with Gasteiger partial charge in [-0.1, -0.05) is 31.9 Å².